The molecule has 7 heteroatoms. The van der Waals surface area contributed by atoms with Gasteiger partial charge in [0, 0.05) is 18.7 Å². The SMILES string of the molecule is Cc1ccc(S(=O)(=O)N/N=C(/C(=O)N2CCCCC2)c2ccc3ccccc3c2)cc1. The van der Waals surface area contributed by atoms with E-state index >= 15 is 0 Å². The fourth-order valence-corrected chi connectivity index (χ4v) is 4.51. The molecule has 1 N–H and O–H groups in total. The number of aryl methyl sites for hydroxylation is 1. The van der Waals surface area contributed by atoms with Crippen molar-refractivity contribution >= 4 is 32.4 Å². The van der Waals surface area contributed by atoms with E-state index in [1.54, 1.807) is 17.0 Å². The van der Waals surface area contributed by atoms with Gasteiger partial charge in [0.05, 0.1) is 4.90 Å². The first-order valence-electron chi connectivity index (χ1n) is 10.4. The Labute approximate surface area is 182 Å². The minimum atomic E-state index is -3.90. The number of fused-ring (bicyclic) bond motifs is 1. The summed E-state index contributed by atoms with van der Waals surface area (Å²) < 4.78 is 25.5. The van der Waals surface area contributed by atoms with Gasteiger partial charge in [-0.05, 0) is 55.2 Å². The predicted octanol–water partition coefficient (Wildman–Crippen LogP) is 3.84. The smallest absolute Gasteiger partial charge is 0.276 e. The Kier molecular flexibility index (Phi) is 6.04. The molecule has 0 aromatic heterocycles. The number of hydrogen-bond donors (Lipinski definition) is 1. The molecule has 1 aliphatic heterocycles. The zero-order valence-electron chi connectivity index (χ0n) is 17.4. The first-order chi connectivity index (χ1) is 14.9. The lowest BCUT2D eigenvalue weighted by Crippen LogP contribution is -2.41. The van der Waals surface area contributed by atoms with E-state index in [2.05, 4.69) is 9.93 Å². The predicted molar refractivity (Wildman–Crippen MR) is 122 cm³/mol. The standard InChI is InChI=1S/C24H25N3O3S/c1-18-9-13-22(14-10-18)31(29,30)26-25-23(24(28)27-15-5-2-6-16-27)21-12-11-19-7-3-4-8-20(19)17-21/h3-4,7-14,17,26H,2,5-6,15-16H2,1H3/b25-23+. The fourth-order valence-electron chi connectivity index (χ4n) is 3.70. The average Bonchev–Trinajstić information content (AvgIpc) is 2.80. The number of sulfonamides is 1. The van der Waals surface area contributed by atoms with Crippen LogP contribution in [0.2, 0.25) is 0 Å². The summed E-state index contributed by atoms with van der Waals surface area (Å²) in [7, 11) is -3.90. The molecule has 6 nitrogen and oxygen atoms in total. The number of nitrogens with one attached hydrogen (secondary N) is 1. The molecular formula is C24H25N3O3S. The number of piperidine rings is 1. The van der Waals surface area contributed by atoms with E-state index in [1.165, 1.54) is 12.1 Å². The summed E-state index contributed by atoms with van der Waals surface area (Å²) in [6, 6.07) is 19.9. The largest absolute Gasteiger partial charge is 0.337 e. The van der Waals surface area contributed by atoms with Crippen molar-refractivity contribution in [1.29, 1.82) is 0 Å². The highest BCUT2D eigenvalue weighted by molar-refractivity contribution is 7.89. The van der Waals surface area contributed by atoms with Crippen molar-refractivity contribution in [1.82, 2.24) is 9.73 Å². The third-order valence-electron chi connectivity index (χ3n) is 5.48. The Morgan fingerprint density at radius 2 is 1.58 bits per heavy atom. The molecule has 1 aliphatic rings. The van der Waals surface area contributed by atoms with Crippen LogP contribution in [0.25, 0.3) is 10.8 Å². The van der Waals surface area contributed by atoms with Gasteiger partial charge in [0.15, 0.2) is 5.71 Å². The topological polar surface area (TPSA) is 78.8 Å². The monoisotopic (exact) mass is 435 g/mol. The van der Waals surface area contributed by atoms with Gasteiger partial charge in [-0.15, -0.1) is 0 Å². The number of amides is 1. The second kappa shape index (κ2) is 8.89. The molecule has 3 aromatic carbocycles. The van der Waals surface area contributed by atoms with Gasteiger partial charge in [-0.25, -0.2) is 0 Å². The lowest BCUT2D eigenvalue weighted by atomic mass is 10.0. The molecule has 1 amide bonds. The van der Waals surface area contributed by atoms with E-state index in [0.29, 0.717) is 18.7 Å². The van der Waals surface area contributed by atoms with Crippen LogP contribution in [0.4, 0.5) is 0 Å². The Morgan fingerprint density at radius 3 is 2.29 bits per heavy atom. The van der Waals surface area contributed by atoms with E-state index in [1.807, 2.05) is 49.4 Å². The molecule has 4 rings (SSSR count). The third-order valence-corrected chi connectivity index (χ3v) is 6.70. The lowest BCUT2D eigenvalue weighted by Gasteiger charge is -2.27. The molecule has 0 saturated carbocycles. The summed E-state index contributed by atoms with van der Waals surface area (Å²) in [5, 5.41) is 6.13. The number of likely N-dealkylation sites (tertiary alicyclic amines) is 1. The van der Waals surface area contributed by atoms with Gasteiger partial charge in [0.1, 0.15) is 0 Å². The van der Waals surface area contributed by atoms with Crippen LogP contribution in [0.5, 0.6) is 0 Å². The first kappa shape index (κ1) is 21.1. The van der Waals surface area contributed by atoms with Gasteiger partial charge in [0.2, 0.25) is 0 Å². The number of carbonyl (C=O) groups excluding carboxylic acids is 1. The van der Waals surface area contributed by atoms with Crippen LogP contribution >= 0.6 is 0 Å². The zero-order valence-corrected chi connectivity index (χ0v) is 18.2. The highest BCUT2D eigenvalue weighted by Crippen LogP contribution is 2.19. The van der Waals surface area contributed by atoms with Crippen LogP contribution in [0.1, 0.15) is 30.4 Å². The van der Waals surface area contributed by atoms with Crippen LogP contribution in [0.3, 0.4) is 0 Å². The van der Waals surface area contributed by atoms with E-state index < -0.39 is 10.0 Å². The van der Waals surface area contributed by atoms with Gasteiger partial charge < -0.3 is 4.90 Å². The van der Waals surface area contributed by atoms with Crippen LogP contribution in [0.15, 0.2) is 76.7 Å². The number of rotatable bonds is 5. The quantitative estimate of drug-likeness (QED) is 0.488. The van der Waals surface area contributed by atoms with Gasteiger partial charge in [-0.1, -0.05) is 54.1 Å². The van der Waals surface area contributed by atoms with Gasteiger partial charge in [-0.2, -0.15) is 18.4 Å². The minimum Gasteiger partial charge on any atom is -0.337 e. The van der Waals surface area contributed by atoms with Gasteiger partial charge >= 0.3 is 0 Å². The molecule has 0 unspecified atom stereocenters. The molecule has 0 bridgehead atoms. The summed E-state index contributed by atoms with van der Waals surface area (Å²) in [5.41, 5.74) is 1.64. The number of nitrogens with zero attached hydrogens (tertiary/aromatic N) is 2. The molecule has 1 heterocycles. The molecule has 0 radical (unpaired) electrons. The highest BCUT2D eigenvalue weighted by Gasteiger charge is 2.24. The van der Waals surface area contributed by atoms with E-state index in [4.69, 9.17) is 0 Å². The molecular weight excluding hydrogens is 410 g/mol. The van der Waals surface area contributed by atoms with Crippen LogP contribution in [-0.4, -0.2) is 38.0 Å². The molecule has 31 heavy (non-hydrogen) atoms. The van der Waals surface area contributed by atoms with Crippen molar-refractivity contribution in [2.24, 2.45) is 5.10 Å². The molecule has 160 valence electrons. The number of carbonyl (C=O) groups is 1. The fraction of sp³-hybridized carbons (Fsp3) is 0.250. The van der Waals surface area contributed by atoms with Crippen molar-refractivity contribution in [2.45, 2.75) is 31.1 Å². The number of hydrogen-bond acceptors (Lipinski definition) is 4. The summed E-state index contributed by atoms with van der Waals surface area (Å²) in [6.45, 7) is 3.18. The van der Waals surface area contributed by atoms with Crippen molar-refractivity contribution < 1.29 is 13.2 Å². The Morgan fingerprint density at radius 1 is 0.903 bits per heavy atom. The maximum Gasteiger partial charge on any atom is 0.276 e. The average molecular weight is 436 g/mol. The third kappa shape index (κ3) is 4.77. The van der Waals surface area contributed by atoms with Crippen LogP contribution in [0, 0.1) is 6.92 Å². The molecule has 1 fully saturated rings. The lowest BCUT2D eigenvalue weighted by molar-refractivity contribution is -0.124. The molecule has 3 aromatic rings. The summed E-state index contributed by atoms with van der Waals surface area (Å²) in [5.74, 6) is -0.262. The maximum absolute atomic E-state index is 13.3. The second-order valence-electron chi connectivity index (χ2n) is 7.78. The van der Waals surface area contributed by atoms with Crippen molar-refractivity contribution in [2.75, 3.05) is 13.1 Å². The normalized spacial score (nSPS) is 15.1. The number of benzene rings is 3. The highest BCUT2D eigenvalue weighted by atomic mass is 32.2. The van der Waals surface area contributed by atoms with E-state index in [9.17, 15) is 13.2 Å². The molecule has 0 spiro atoms. The maximum atomic E-state index is 13.3. The molecule has 0 atom stereocenters. The van der Waals surface area contributed by atoms with E-state index in [0.717, 1.165) is 35.6 Å². The Bertz CT molecular complexity index is 1230. The minimum absolute atomic E-state index is 0.100. The van der Waals surface area contributed by atoms with Crippen LogP contribution < -0.4 is 4.83 Å². The zero-order chi connectivity index (χ0) is 21.8. The molecule has 0 aliphatic carbocycles. The first-order valence-corrected chi connectivity index (χ1v) is 11.9. The summed E-state index contributed by atoms with van der Waals surface area (Å²) in [4.78, 5) is 17.4. The van der Waals surface area contributed by atoms with Crippen molar-refractivity contribution in [3.8, 4) is 0 Å². The van der Waals surface area contributed by atoms with E-state index in [-0.39, 0.29) is 16.5 Å². The molecule has 1 saturated heterocycles. The van der Waals surface area contributed by atoms with Gasteiger partial charge in [-0.3, -0.25) is 4.79 Å². The van der Waals surface area contributed by atoms with Gasteiger partial charge in [0.25, 0.3) is 15.9 Å². The second-order valence-corrected chi connectivity index (χ2v) is 9.44. The van der Waals surface area contributed by atoms with Crippen molar-refractivity contribution in [3.05, 3.63) is 77.9 Å². The Balaban J connectivity index is 1.71. The van der Waals surface area contributed by atoms with Crippen molar-refractivity contribution in [3.63, 3.8) is 0 Å². The summed E-state index contributed by atoms with van der Waals surface area (Å²) in [6.07, 6.45) is 2.96. The number of hydrazone groups is 1. The van der Waals surface area contributed by atoms with Crippen LogP contribution in [-0.2, 0) is 14.8 Å². The Hall–Kier alpha value is -3.19. The summed E-state index contributed by atoms with van der Waals surface area (Å²) >= 11 is 0.